The van der Waals surface area contributed by atoms with E-state index in [-0.39, 0.29) is 24.9 Å². The highest BCUT2D eigenvalue weighted by Gasteiger charge is 2.19. The van der Waals surface area contributed by atoms with Gasteiger partial charge in [-0.25, -0.2) is 0 Å². The van der Waals surface area contributed by atoms with Crippen LogP contribution in [0.3, 0.4) is 0 Å². The van der Waals surface area contributed by atoms with Gasteiger partial charge in [0.2, 0.25) is 0 Å². The van der Waals surface area contributed by atoms with E-state index in [1.54, 1.807) is 0 Å². The first kappa shape index (κ1) is 22.6. The van der Waals surface area contributed by atoms with Gasteiger partial charge in [0.05, 0.1) is 7.05 Å². The van der Waals surface area contributed by atoms with E-state index in [1.807, 2.05) is 44.3 Å². The molecule has 0 spiro atoms. The number of nitrogens with one attached hydrogen (secondary N) is 3. The second kappa shape index (κ2) is 10.2. The highest BCUT2D eigenvalue weighted by atomic mass is 16.2. The number of amides is 2. The van der Waals surface area contributed by atoms with Gasteiger partial charge in [0.25, 0.3) is 11.8 Å². The minimum Gasteiger partial charge on any atom is -0.322 e. The summed E-state index contributed by atoms with van der Waals surface area (Å²) in [5, 5.41) is 5.99. The molecule has 0 aromatic heterocycles. The van der Waals surface area contributed by atoms with Crippen molar-refractivity contribution in [3.8, 4) is 0 Å². The second-order valence-corrected chi connectivity index (χ2v) is 8.39. The minimum absolute atomic E-state index is 0.0827. The van der Waals surface area contributed by atoms with Crippen LogP contribution in [-0.2, 0) is 9.59 Å². The predicted molar refractivity (Wildman–Crippen MR) is 120 cm³/mol. The van der Waals surface area contributed by atoms with Gasteiger partial charge in [0, 0.05) is 11.4 Å². The zero-order valence-electron chi connectivity index (χ0n) is 18.4. The molecular weight excluding hydrogens is 362 g/mol. The maximum atomic E-state index is 12.7. The Morgan fingerprint density at radius 1 is 0.828 bits per heavy atom. The molecule has 1 atom stereocenters. The first-order valence-electron chi connectivity index (χ1n) is 10.3. The smallest absolute Gasteiger partial charge is 0.279 e. The summed E-state index contributed by atoms with van der Waals surface area (Å²) < 4.78 is 0. The van der Waals surface area contributed by atoms with Crippen molar-refractivity contribution in [2.45, 2.75) is 46.5 Å². The van der Waals surface area contributed by atoms with Crippen LogP contribution in [0.4, 0.5) is 11.4 Å². The molecule has 3 N–H and O–H groups in total. The lowest BCUT2D eigenvalue weighted by molar-refractivity contribution is -0.862. The summed E-state index contributed by atoms with van der Waals surface area (Å²) in [6.07, 6.45) is 0. The van der Waals surface area contributed by atoms with E-state index >= 15 is 0 Å². The van der Waals surface area contributed by atoms with Gasteiger partial charge in [0.15, 0.2) is 13.1 Å². The van der Waals surface area contributed by atoms with Crippen LogP contribution >= 0.6 is 0 Å². The zero-order chi connectivity index (χ0) is 21.6. The van der Waals surface area contributed by atoms with Gasteiger partial charge < -0.3 is 15.5 Å². The number of likely N-dealkylation sites (N-methyl/N-ethyl adjacent to an activating group) is 1. The maximum Gasteiger partial charge on any atom is 0.279 e. The summed E-state index contributed by atoms with van der Waals surface area (Å²) in [7, 11) is 1.85. The van der Waals surface area contributed by atoms with E-state index in [2.05, 4.69) is 50.5 Å². The van der Waals surface area contributed by atoms with Crippen molar-refractivity contribution in [1.82, 2.24) is 0 Å². The van der Waals surface area contributed by atoms with Crippen LogP contribution in [0.5, 0.6) is 0 Å². The highest BCUT2D eigenvalue weighted by molar-refractivity contribution is 5.94. The van der Waals surface area contributed by atoms with E-state index in [1.165, 1.54) is 0 Å². The van der Waals surface area contributed by atoms with Crippen molar-refractivity contribution in [3.63, 3.8) is 0 Å². The Labute approximate surface area is 174 Å². The first-order chi connectivity index (χ1) is 13.7. The average molecular weight is 397 g/mol. The second-order valence-electron chi connectivity index (χ2n) is 8.39. The molecule has 5 nitrogen and oxygen atoms in total. The van der Waals surface area contributed by atoms with Crippen molar-refractivity contribution in [3.05, 3.63) is 59.2 Å². The van der Waals surface area contributed by atoms with Crippen molar-refractivity contribution in [2.75, 3.05) is 30.8 Å². The Kier molecular flexibility index (Phi) is 7.97. The average Bonchev–Trinajstić information content (AvgIpc) is 2.63. The van der Waals surface area contributed by atoms with Gasteiger partial charge in [-0.1, -0.05) is 63.6 Å². The molecule has 0 radical (unpaired) electrons. The van der Waals surface area contributed by atoms with E-state index in [9.17, 15) is 9.59 Å². The number of quaternary nitrogens is 1. The molecule has 0 saturated carbocycles. The Balaban J connectivity index is 1.98. The van der Waals surface area contributed by atoms with Crippen LogP contribution in [0.25, 0.3) is 0 Å². The van der Waals surface area contributed by atoms with E-state index in [0.29, 0.717) is 11.8 Å². The monoisotopic (exact) mass is 396 g/mol. The summed E-state index contributed by atoms with van der Waals surface area (Å²) in [6, 6.07) is 13.9. The lowest BCUT2D eigenvalue weighted by Gasteiger charge is -2.21. The lowest BCUT2D eigenvalue weighted by Crippen LogP contribution is -3.11. The summed E-state index contributed by atoms with van der Waals surface area (Å²) in [6.45, 7) is 11.0. The lowest BCUT2D eigenvalue weighted by atomic mass is 9.92. The molecular formula is C24H34N3O2+. The van der Waals surface area contributed by atoms with Gasteiger partial charge in [-0.3, -0.25) is 9.59 Å². The Morgan fingerprint density at radius 2 is 1.31 bits per heavy atom. The van der Waals surface area contributed by atoms with Crippen LogP contribution in [0.15, 0.2) is 42.5 Å². The number of rotatable bonds is 8. The van der Waals surface area contributed by atoms with Gasteiger partial charge >= 0.3 is 0 Å². The van der Waals surface area contributed by atoms with Crippen LogP contribution in [0.2, 0.25) is 0 Å². The van der Waals surface area contributed by atoms with Crippen molar-refractivity contribution >= 4 is 23.2 Å². The summed E-state index contributed by atoms with van der Waals surface area (Å²) in [5.74, 6) is 0.439. The Hall–Kier alpha value is -2.66. The van der Waals surface area contributed by atoms with Crippen LogP contribution < -0.4 is 15.5 Å². The number of aryl methyl sites for hydroxylation is 1. The summed E-state index contributed by atoms with van der Waals surface area (Å²) >= 11 is 0. The first-order valence-corrected chi connectivity index (χ1v) is 10.3. The van der Waals surface area contributed by atoms with E-state index in [0.717, 1.165) is 33.0 Å². The molecule has 0 fully saturated rings. The van der Waals surface area contributed by atoms with Gasteiger partial charge in [-0.2, -0.15) is 0 Å². The highest BCUT2D eigenvalue weighted by Crippen LogP contribution is 2.32. The van der Waals surface area contributed by atoms with Crippen LogP contribution in [0, 0.1) is 6.92 Å². The molecule has 2 aromatic carbocycles. The number of hydrogen-bond donors (Lipinski definition) is 3. The molecule has 29 heavy (non-hydrogen) atoms. The predicted octanol–water partition coefficient (Wildman–Crippen LogP) is 3.33. The maximum absolute atomic E-state index is 12.7. The summed E-state index contributed by atoms with van der Waals surface area (Å²) in [4.78, 5) is 25.8. The number of para-hydroxylation sites is 1. The fourth-order valence-corrected chi connectivity index (χ4v) is 3.33. The molecule has 0 aliphatic heterocycles. The Bertz CT molecular complexity index is 815. The molecule has 0 aliphatic carbocycles. The number of benzene rings is 2. The van der Waals surface area contributed by atoms with Crippen LogP contribution in [-0.4, -0.2) is 32.0 Å². The number of carbonyl (C=O) groups excluding carboxylic acids is 2. The molecule has 156 valence electrons. The summed E-state index contributed by atoms with van der Waals surface area (Å²) in [5.41, 5.74) is 5.10. The van der Waals surface area contributed by atoms with Crippen molar-refractivity contribution < 1.29 is 14.5 Å². The SMILES string of the molecule is Cc1ccc(NC(=O)C[NH+](C)CC(=O)Nc2c(C(C)C)cccc2C(C)C)cc1. The third-order valence-electron chi connectivity index (χ3n) is 4.90. The standard InChI is InChI=1S/C24H33N3O2/c1-16(2)20-8-7-9-21(17(3)4)24(20)26-23(29)15-27(6)14-22(28)25-19-12-10-18(5)11-13-19/h7-13,16-17H,14-15H2,1-6H3,(H,25,28)(H,26,29)/p+1. The molecule has 2 aromatic rings. The third-order valence-corrected chi connectivity index (χ3v) is 4.90. The van der Waals surface area contributed by atoms with Gasteiger partial charge in [-0.05, 0) is 42.0 Å². The quantitative estimate of drug-likeness (QED) is 0.641. The molecule has 0 aliphatic rings. The fraction of sp³-hybridized carbons (Fsp3) is 0.417. The van der Waals surface area contributed by atoms with E-state index in [4.69, 9.17) is 0 Å². The molecule has 0 saturated heterocycles. The fourth-order valence-electron chi connectivity index (χ4n) is 3.33. The molecule has 2 rings (SSSR count). The third kappa shape index (κ3) is 6.71. The number of hydrogen-bond acceptors (Lipinski definition) is 2. The van der Waals surface area contributed by atoms with Gasteiger partial charge in [0.1, 0.15) is 0 Å². The molecule has 5 heteroatoms. The number of anilines is 2. The molecule has 0 heterocycles. The van der Waals surface area contributed by atoms with Crippen molar-refractivity contribution in [1.29, 1.82) is 0 Å². The molecule has 2 amide bonds. The zero-order valence-corrected chi connectivity index (χ0v) is 18.4. The topological polar surface area (TPSA) is 62.6 Å². The minimum atomic E-state index is -0.107. The molecule has 0 bridgehead atoms. The van der Waals surface area contributed by atoms with E-state index < -0.39 is 0 Å². The van der Waals surface area contributed by atoms with Crippen LogP contribution in [0.1, 0.15) is 56.2 Å². The van der Waals surface area contributed by atoms with Gasteiger partial charge in [-0.15, -0.1) is 0 Å². The molecule has 1 unspecified atom stereocenters. The Morgan fingerprint density at radius 3 is 1.79 bits per heavy atom. The van der Waals surface area contributed by atoms with Crippen molar-refractivity contribution in [2.24, 2.45) is 0 Å². The normalized spacial score (nSPS) is 12.1. The largest absolute Gasteiger partial charge is 0.322 e. The number of carbonyl (C=O) groups is 2.